The third-order valence-electron chi connectivity index (χ3n) is 3.99. The number of rotatable bonds is 6. The molecule has 1 saturated heterocycles. The number of nitrogens with zero attached hydrogens (tertiary/aromatic N) is 1. The van der Waals surface area contributed by atoms with Gasteiger partial charge in [0.15, 0.2) is 0 Å². The number of likely N-dealkylation sites (N-methyl/N-ethyl adjacent to an activating group) is 1. The number of hydrazine groups is 1. The minimum absolute atomic E-state index is 0.0461. The minimum Gasteiger partial charge on any atom is -0.488 e. The number of thiophene rings is 1. The van der Waals surface area contributed by atoms with Crippen LogP contribution in [0.3, 0.4) is 0 Å². The summed E-state index contributed by atoms with van der Waals surface area (Å²) in [4.78, 5) is 14.9. The Hall–Kier alpha value is -1.60. The maximum atomic E-state index is 11.6. The minimum atomic E-state index is -0.551. The Kier molecular flexibility index (Phi) is 5.73. The van der Waals surface area contributed by atoms with Crippen molar-refractivity contribution in [1.29, 1.82) is 0 Å². The van der Waals surface area contributed by atoms with Crippen molar-refractivity contribution in [2.45, 2.75) is 24.6 Å². The number of hydrogen-bond acceptors (Lipinski definition) is 5. The van der Waals surface area contributed by atoms with E-state index in [0.29, 0.717) is 19.7 Å². The first kappa shape index (κ1) is 17.2. The van der Waals surface area contributed by atoms with Crippen LogP contribution in [-0.4, -0.2) is 35.8 Å². The van der Waals surface area contributed by atoms with Gasteiger partial charge in [0.25, 0.3) is 5.91 Å². The van der Waals surface area contributed by atoms with Crippen LogP contribution < -0.4 is 15.6 Å². The number of ether oxygens (including phenoxy) is 1. The van der Waals surface area contributed by atoms with Crippen LogP contribution in [0.2, 0.25) is 0 Å². The SMILES string of the molecule is CN(Cc1ccc(OCc2cccs2)cc1)C1CNNC(=O)C1Cl. The van der Waals surface area contributed by atoms with Crippen molar-refractivity contribution in [1.82, 2.24) is 15.8 Å². The molecule has 1 aromatic heterocycles. The molecule has 1 aliphatic rings. The molecule has 2 aromatic rings. The second-order valence-corrected chi connectivity index (χ2v) is 7.27. The number of amides is 1. The number of carbonyl (C=O) groups is 1. The maximum Gasteiger partial charge on any atom is 0.253 e. The fraction of sp³-hybridized carbons (Fsp3) is 0.353. The fourth-order valence-electron chi connectivity index (χ4n) is 2.61. The second kappa shape index (κ2) is 7.98. The van der Waals surface area contributed by atoms with Crippen LogP contribution in [0, 0.1) is 0 Å². The summed E-state index contributed by atoms with van der Waals surface area (Å²) in [5.74, 6) is 0.667. The molecule has 1 aromatic carbocycles. The van der Waals surface area contributed by atoms with E-state index in [1.165, 1.54) is 4.88 Å². The summed E-state index contributed by atoms with van der Waals surface area (Å²) in [7, 11) is 1.97. The lowest BCUT2D eigenvalue weighted by Crippen LogP contribution is -2.60. The predicted octanol–water partition coefficient (Wildman–Crippen LogP) is 2.37. The van der Waals surface area contributed by atoms with Crippen molar-refractivity contribution in [3.8, 4) is 5.75 Å². The van der Waals surface area contributed by atoms with Gasteiger partial charge in [-0.25, -0.2) is 5.43 Å². The molecule has 2 N–H and O–H groups in total. The zero-order valence-electron chi connectivity index (χ0n) is 13.4. The molecular formula is C17H20ClN3O2S. The van der Waals surface area contributed by atoms with E-state index >= 15 is 0 Å². The molecular weight excluding hydrogens is 346 g/mol. The van der Waals surface area contributed by atoms with Crippen LogP contribution in [0.15, 0.2) is 41.8 Å². The van der Waals surface area contributed by atoms with Crippen molar-refractivity contribution in [3.63, 3.8) is 0 Å². The predicted molar refractivity (Wildman–Crippen MR) is 96.1 cm³/mol. The average Bonchev–Trinajstić information content (AvgIpc) is 3.10. The highest BCUT2D eigenvalue weighted by molar-refractivity contribution is 7.09. The Bertz CT molecular complexity index is 663. The summed E-state index contributed by atoms with van der Waals surface area (Å²) >= 11 is 7.88. The summed E-state index contributed by atoms with van der Waals surface area (Å²) in [6.45, 7) is 1.93. The van der Waals surface area contributed by atoms with Crippen LogP contribution in [0.1, 0.15) is 10.4 Å². The molecule has 2 atom stereocenters. The van der Waals surface area contributed by atoms with Crippen LogP contribution in [-0.2, 0) is 17.9 Å². The number of alkyl halides is 1. The van der Waals surface area contributed by atoms with E-state index in [9.17, 15) is 4.79 Å². The molecule has 128 valence electrons. The summed E-state index contributed by atoms with van der Waals surface area (Å²) in [6.07, 6.45) is 0. The highest BCUT2D eigenvalue weighted by Crippen LogP contribution is 2.19. The molecule has 0 bridgehead atoms. The summed E-state index contributed by atoms with van der Waals surface area (Å²) in [5.41, 5.74) is 6.58. The van der Waals surface area contributed by atoms with E-state index in [2.05, 4.69) is 21.8 Å². The molecule has 1 aliphatic heterocycles. The van der Waals surface area contributed by atoms with E-state index in [-0.39, 0.29) is 11.9 Å². The molecule has 3 rings (SSSR count). The number of carbonyl (C=O) groups excluding carboxylic acids is 1. The molecule has 0 radical (unpaired) electrons. The van der Waals surface area contributed by atoms with E-state index in [4.69, 9.17) is 16.3 Å². The first-order chi connectivity index (χ1) is 11.6. The van der Waals surface area contributed by atoms with Gasteiger partial charge in [-0.1, -0.05) is 18.2 Å². The van der Waals surface area contributed by atoms with Crippen molar-refractivity contribution in [3.05, 3.63) is 52.2 Å². The van der Waals surface area contributed by atoms with Crippen molar-refractivity contribution in [2.75, 3.05) is 13.6 Å². The first-order valence-corrected chi connectivity index (χ1v) is 9.06. The summed E-state index contributed by atoms with van der Waals surface area (Å²) in [6, 6.07) is 12.1. The molecule has 2 unspecified atom stereocenters. The average molecular weight is 366 g/mol. The topological polar surface area (TPSA) is 53.6 Å². The van der Waals surface area contributed by atoms with Gasteiger partial charge in [0, 0.05) is 24.0 Å². The fourth-order valence-corrected chi connectivity index (χ4v) is 3.57. The van der Waals surface area contributed by atoms with Gasteiger partial charge in [0.05, 0.1) is 0 Å². The number of halogens is 1. The van der Waals surface area contributed by atoms with Crippen LogP contribution >= 0.6 is 22.9 Å². The van der Waals surface area contributed by atoms with Crippen LogP contribution in [0.25, 0.3) is 0 Å². The highest BCUT2D eigenvalue weighted by Gasteiger charge is 2.32. The molecule has 2 heterocycles. The number of benzene rings is 1. The summed E-state index contributed by atoms with van der Waals surface area (Å²) in [5, 5.41) is 1.49. The molecule has 7 heteroatoms. The lowest BCUT2D eigenvalue weighted by Gasteiger charge is -2.34. The smallest absolute Gasteiger partial charge is 0.253 e. The Balaban J connectivity index is 1.54. The van der Waals surface area contributed by atoms with E-state index in [0.717, 1.165) is 11.3 Å². The Labute approximate surface area is 150 Å². The molecule has 1 amide bonds. The van der Waals surface area contributed by atoms with Gasteiger partial charge in [-0.05, 0) is 36.2 Å². The number of nitrogens with one attached hydrogen (secondary N) is 2. The zero-order chi connectivity index (χ0) is 16.9. The maximum absolute atomic E-state index is 11.6. The van der Waals surface area contributed by atoms with Gasteiger partial charge in [-0.2, -0.15) is 0 Å². The Morgan fingerprint density at radius 2 is 2.12 bits per heavy atom. The Morgan fingerprint density at radius 3 is 2.83 bits per heavy atom. The molecule has 5 nitrogen and oxygen atoms in total. The van der Waals surface area contributed by atoms with Gasteiger partial charge in [-0.15, -0.1) is 22.9 Å². The molecule has 1 fully saturated rings. The number of hydrogen-bond donors (Lipinski definition) is 2. The van der Waals surface area contributed by atoms with Gasteiger partial charge in [0.2, 0.25) is 0 Å². The zero-order valence-corrected chi connectivity index (χ0v) is 14.9. The first-order valence-electron chi connectivity index (χ1n) is 7.74. The van der Waals surface area contributed by atoms with E-state index < -0.39 is 5.38 Å². The van der Waals surface area contributed by atoms with Crippen molar-refractivity contribution >= 4 is 28.8 Å². The lowest BCUT2D eigenvalue weighted by molar-refractivity contribution is -0.124. The lowest BCUT2D eigenvalue weighted by atomic mass is 10.1. The highest BCUT2D eigenvalue weighted by atomic mass is 35.5. The monoisotopic (exact) mass is 365 g/mol. The molecule has 0 spiro atoms. The van der Waals surface area contributed by atoms with Crippen molar-refractivity contribution in [2.24, 2.45) is 0 Å². The largest absolute Gasteiger partial charge is 0.488 e. The van der Waals surface area contributed by atoms with Crippen LogP contribution in [0.4, 0.5) is 0 Å². The molecule has 24 heavy (non-hydrogen) atoms. The van der Waals surface area contributed by atoms with Gasteiger partial charge < -0.3 is 4.74 Å². The third kappa shape index (κ3) is 4.27. The second-order valence-electron chi connectivity index (χ2n) is 5.77. The molecule has 0 aliphatic carbocycles. The standard InChI is InChI=1S/C17H20ClN3O2S/c1-21(15-9-19-20-17(22)16(15)18)10-12-4-6-13(7-5-12)23-11-14-3-2-8-24-14/h2-8,15-16,19H,9-11H2,1H3,(H,20,22). The quantitative estimate of drug-likeness (QED) is 0.772. The van der Waals surface area contributed by atoms with Gasteiger partial charge >= 0.3 is 0 Å². The molecule has 0 saturated carbocycles. The van der Waals surface area contributed by atoms with Crippen LogP contribution in [0.5, 0.6) is 5.75 Å². The summed E-state index contributed by atoms with van der Waals surface area (Å²) < 4.78 is 5.77. The third-order valence-corrected chi connectivity index (χ3v) is 5.33. The normalized spacial score (nSPS) is 20.9. The van der Waals surface area contributed by atoms with Gasteiger partial charge in [0.1, 0.15) is 17.7 Å². The Morgan fingerprint density at radius 1 is 1.33 bits per heavy atom. The van der Waals surface area contributed by atoms with E-state index in [1.54, 1.807) is 11.3 Å². The van der Waals surface area contributed by atoms with E-state index in [1.807, 2.05) is 42.8 Å². The van der Waals surface area contributed by atoms with Crippen molar-refractivity contribution < 1.29 is 9.53 Å². The van der Waals surface area contributed by atoms with Gasteiger partial charge in [-0.3, -0.25) is 15.1 Å².